The molecule has 76 valence electrons. The van der Waals surface area contributed by atoms with E-state index in [1.54, 1.807) is 0 Å². The van der Waals surface area contributed by atoms with E-state index < -0.39 is 0 Å². The molecule has 1 saturated carbocycles. The molecule has 0 spiro atoms. The van der Waals surface area contributed by atoms with E-state index in [0.717, 1.165) is 10.3 Å². The second-order valence-corrected chi connectivity index (χ2v) is 4.80. The lowest BCUT2D eigenvalue weighted by Crippen LogP contribution is -2.29. The molecule has 0 radical (unpaired) electrons. The summed E-state index contributed by atoms with van der Waals surface area (Å²) >= 11 is 3.47. The van der Waals surface area contributed by atoms with Gasteiger partial charge in [0.2, 0.25) is 0 Å². The Morgan fingerprint density at radius 2 is 2.14 bits per heavy atom. The lowest BCUT2D eigenvalue weighted by molar-refractivity contribution is 0.646. The first-order chi connectivity index (χ1) is 6.77. The lowest BCUT2D eigenvalue weighted by Gasteiger charge is -2.25. The Kier molecular flexibility index (Phi) is 3.06. The second kappa shape index (κ2) is 4.30. The van der Waals surface area contributed by atoms with Crippen LogP contribution in [0.15, 0.2) is 22.8 Å². The number of hydrogen-bond donors (Lipinski definition) is 0. The van der Waals surface area contributed by atoms with E-state index in [1.807, 2.05) is 12.3 Å². The monoisotopic (exact) mass is 254 g/mol. The molecule has 1 aromatic rings. The minimum Gasteiger partial charge on any atom is -0.357 e. The van der Waals surface area contributed by atoms with E-state index in [2.05, 4.69) is 38.9 Å². The molecule has 2 nitrogen and oxygen atoms in total. The molecule has 1 fully saturated rings. The van der Waals surface area contributed by atoms with Crippen molar-refractivity contribution >= 4 is 21.7 Å². The van der Waals surface area contributed by atoms with Gasteiger partial charge in [-0.25, -0.2) is 4.98 Å². The first-order valence-electron chi connectivity index (χ1n) is 5.12. The van der Waals surface area contributed by atoms with E-state index >= 15 is 0 Å². The Labute approximate surface area is 93.5 Å². The lowest BCUT2D eigenvalue weighted by atomic mass is 10.2. The number of nitrogens with zero attached hydrogens (tertiary/aromatic N) is 2. The van der Waals surface area contributed by atoms with Crippen LogP contribution in [0.1, 0.15) is 25.7 Å². The van der Waals surface area contributed by atoms with Crippen LogP contribution in [-0.4, -0.2) is 18.1 Å². The SMILES string of the molecule is CN(c1cc(Br)ccn1)C1CCCC1. The third-order valence-corrected chi connectivity index (χ3v) is 3.43. The molecule has 1 aromatic heterocycles. The highest BCUT2D eigenvalue weighted by Gasteiger charge is 2.20. The molecule has 0 aromatic carbocycles. The number of anilines is 1. The van der Waals surface area contributed by atoms with Crippen molar-refractivity contribution in [2.45, 2.75) is 31.7 Å². The zero-order valence-electron chi connectivity index (χ0n) is 8.41. The molecule has 0 unspecified atom stereocenters. The summed E-state index contributed by atoms with van der Waals surface area (Å²) in [6.07, 6.45) is 7.20. The van der Waals surface area contributed by atoms with Gasteiger partial charge < -0.3 is 4.90 Å². The van der Waals surface area contributed by atoms with Gasteiger partial charge in [0.25, 0.3) is 0 Å². The zero-order valence-corrected chi connectivity index (χ0v) is 10.00. The molecule has 0 aliphatic heterocycles. The van der Waals surface area contributed by atoms with Gasteiger partial charge >= 0.3 is 0 Å². The van der Waals surface area contributed by atoms with E-state index in [9.17, 15) is 0 Å². The van der Waals surface area contributed by atoms with Crippen molar-refractivity contribution in [1.82, 2.24) is 4.98 Å². The van der Waals surface area contributed by atoms with E-state index in [4.69, 9.17) is 0 Å². The summed E-state index contributed by atoms with van der Waals surface area (Å²) in [6.45, 7) is 0. The number of pyridine rings is 1. The minimum absolute atomic E-state index is 0.691. The second-order valence-electron chi connectivity index (χ2n) is 3.88. The Morgan fingerprint density at radius 3 is 2.79 bits per heavy atom. The van der Waals surface area contributed by atoms with E-state index in [-0.39, 0.29) is 0 Å². The average Bonchev–Trinajstić information content (AvgIpc) is 2.69. The van der Waals surface area contributed by atoms with Gasteiger partial charge in [0.15, 0.2) is 0 Å². The van der Waals surface area contributed by atoms with Gasteiger partial charge in [-0.3, -0.25) is 0 Å². The molecule has 1 aliphatic rings. The Bertz CT molecular complexity index is 308. The average molecular weight is 255 g/mol. The van der Waals surface area contributed by atoms with Crippen LogP contribution in [0.2, 0.25) is 0 Å². The predicted octanol–water partition coefficient (Wildman–Crippen LogP) is 3.22. The molecule has 0 saturated heterocycles. The maximum absolute atomic E-state index is 4.38. The molecule has 0 atom stereocenters. The van der Waals surface area contributed by atoms with E-state index in [0.29, 0.717) is 6.04 Å². The summed E-state index contributed by atoms with van der Waals surface area (Å²) in [7, 11) is 2.14. The van der Waals surface area contributed by atoms with Crippen molar-refractivity contribution in [3.05, 3.63) is 22.8 Å². The summed E-state index contributed by atoms with van der Waals surface area (Å²) < 4.78 is 1.10. The topological polar surface area (TPSA) is 16.1 Å². The van der Waals surface area contributed by atoms with Crippen molar-refractivity contribution in [2.75, 3.05) is 11.9 Å². The fourth-order valence-corrected chi connectivity index (χ4v) is 2.39. The molecule has 1 aliphatic carbocycles. The van der Waals surface area contributed by atoms with Crippen molar-refractivity contribution in [1.29, 1.82) is 0 Å². The minimum atomic E-state index is 0.691. The third kappa shape index (κ3) is 2.08. The first-order valence-corrected chi connectivity index (χ1v) is 5.91. The maximum atomic E-state index is 4.38. The van der Waals surface area contributed by atoms with Gasteiger partial charge in [0, 0.05) is 23.8 Å². The van der Waals surface area contributed by atoms with Crippen LogP contribution in [0.4, 0.5) is 5.82 Å². The quantitative estimate of drug-likeness (QED) is 0.806. The van der Waals surface area contributed by atoms with Crippen LogP contribution < -0.4 is 4.90 Å². The van der Waals surface area contributed by atoms with Crippen molar-refractivity contribution in [3.63, 3.8) is 0 Å². The van der Waals surface area contributed by atoms with Crippen molar-refractivity contribution in [3.8, 4) is 0 Å². The highest BCUT2D eigenvalue weighted by molar-refractivity contribution is 9.10. The summed E-state index contributed by atoms with van der Waals surface area (Å²) in [5.74, 6) is 1.08. The van der Waals surface area contributed by atoms with Crippen LogP contribution in [0, 0.1) is 0 Å². The van der Waals surface area contributed by atoms with Crippen LogP contribution in [0.25, 0.3) is 0 Å². The number of hydrogen-bond acceptors (Lipinski definition) is 2. The third-order valence-electron chi connectivity index (χ3n) is 2.94. The molecule has 0 amide bonds. The molecule has 3 heteroatoms. The standard InChI is InChI=1S/C11H15BrN2/c1-14(10-4-2-3-5-10)11-8-9(12)6-7-13-11/h6-8,10H,2-5H2,1H3. The summed E-state index contributed by atoms with van der Waals surface area (Å²) in [5, 5.41) is 0. The summed E-state index contributed by atoms with van der Waals surface area (Å²) in [5.41, 5.74) is 0. The highest BCUT2D eigenvalue weighted by Crippen LogP contribution is 2.26. The predicted molar refractivity (Wildman–Crippen MR) is 62.6 cm³/mol. The van der Waals surface area contributed by atoms with Gasteiger partial charge in [-0.15, -0.1) is 0 Å². The van der Waals surface area contributed by atoms with Gasteiger partial charge in [0.1, 0.15) is 5.82 Å². The fourth-order valence-electron chi connectivity index (χ4n) is 2.07. The smallest absolute Gasteiger partial charge is 0.129 e. The number of aromatic nitrogens is 1. The normalized spacial score (nSPS) is 17.3. The molecule has 2 rings (SSSR count). The van der Waals surface area contributed by atoms with Crippen LogP contribution >= 0.6 is 15.9 Å². The van der Waals surface area contributed by atoms with Crippen molar-refractivity contribution < 1.29 is 0 Å². The molecule has 0 bridgehead atoms. The number of halogens is 1. The first kappa shape index (κ1) is 9.97. The van der Waals surface area contributed by atoms with E-state index in [1.165, 1.54) is 25.7 Å². The van der Waals surface area contributed by atoms with Crippen molar-refractivity contribution in [2.24, 2.45) is 0 Å². The highest BCUT2D eigenvalue weighted by atomic mass is 79.9. The summed E-state index contributed by atoms with van der Waals surface area (Å²) in [6, 6.07) is 4.74. The summed E-state index contributed by atoms with van der Waals surface area (Å²) in [4.78, 5) is 6.68. The van der Waals surface area contributed by atoms with Crippen LogP contribution in [-0.2, 0) is 0 Å². The molecule has 14 heavy (non-hydrogen) atoms. The molecule has 1 heterocycles. The van der Waals surface area contributed by atoms with Gasteiger partial charge in [-0.2, -0.15) is 0 Å². The van der Waals surface area contributed by atoms with Crippen LogP contribution in [0.3, 0.4) is 0 Å². The molecular weight excluding hydrogens is 240 g/mol. The van der Waals surface area contributed by atoms with Crippen LogP contribution in [0.5, 0.6) is 0 Å². The zero-order chi connectivity index (χ0) is 9.97. The van der Waals surface area contributed by atoms with Gasteiger partial charge in [-0.05, 0) is 25.0 Å². The molecular formula is C11H15BrN2. The fraction of sp³-hybridized carbons (Fsp3) is 0.545. The Balaban J connectivity index is 2.13. The Hall–Kier alpha value is -0.570. The Morgan fingerprint density at radius 1 is 1.43 bits per heavy atom. The molecule has 0 N–H and O–H groups in total. The number of rotatable bonds is 2. The van der Waals surface area contributed by atoms with Gasteiger partial charge in [-0.1, -0.05) is 28.8 Å². The largest absolute Gasteiger partial charge is 0.357 e. The maximum Gasteiger partial charge on any atom is 0.129 e. The van der Waals surface area contributed by atoms with Gasteiger partial charge in [0.05, 0.1) is 0 Å².